The van der Waals surface area contributed by atoms with Crippen LogP contribution in [0.3, 0.4) is 0 Å². The maximum atomic E-state index is 5.66. The number of fused-ring (bicyclic) bond motifs is 1. The Balaban J connectivity index is 2.55. The van der Waals surface area contributed by atoms with Crippen molar-refractivity contribution < 1.29 is 9.47 Å². The Labute approximate surface area is 100 Å². The molecule has 0 spiro atoms. The van der Waals surface area contributed by atoms with Gasteiger partial charge in [0.05, 0.1) is 18.7 Å². The van der Waals surface area contributed by atoms with Crippen LogP contribution in [-0.4, -0.2) is 18.2 Å². The van der Waals surface area contributed by atoms with E-state index in [0.29, 0.717) is 24.8 Å². The third kappa shape index (κ3) is 2.41. The van der Waals surface area contributed by atoms with Gasteiger partial charge in [-0.2, -0.15) is 0 Å². The molecule has 0 unspecified atom stereocenters. The molecule has 0 aliphatic rings. The normalized spacial score (nSPS) is 10.5. The van der Waals surface area contributed by atoms with Gasteiger partial charge in [0.1, 0.15) is 5.82 Å². The summed E-state index contributed by atoms with van der Waals surface area (Å²) in [6.45, 7) is 5.08. The second-order valence-corrected chi connectivity index (χ2v) is 3.59. The molecule has 0 amide bonds. The van der Waals surface area contributed by atoms with Crippen molar-refractivity contribution in [3.05, 3.63) is 24.3 Å². The maximum Gasteiger partial charge on any atom is 0.163 e. The lowest BCUT2D eigenvalue weighted by molar-refractivity contribution is 0.288. The van der Waals surface area contributed by atoms with Crippen molar-refractivity contribution in [1.82, 2.24) is 4.98 Å². The van der Waals surface area contributed by atoms with Crippen molar-refractivity contribution in [2.45, 2.75) is 13.8 Å². The first-order chi connectivity index (χ1) is 8.24. The fraction of sp³-hybridized carbons (Fsp3) is 0.308. The molecule has 1 heterocycles. The molecule has 1 aromatic carbocycles. The zero-order chi connectivity index (χ0) is 12.3. The molecule has 0 saturated carbocycles. The summed E-state index contributed by atoms with van der Waals surface area (Å²) in [4.78, 5) is 4.26. The average Bonchev–Trinajstić information content (AvgIpc) is 2.31. The molecule has 4 heteroatoms. The number of nitrogen functional groups attached to an aromatic ring is 1. The standard InChI is InChI=1S/C13H16N2O2/c1-3-16-11-7-9-5-6-13(14)15-10(9)8-12(11)17-4-2/h5-8H,3-4H2,1-2H3,(H2,14,15). The van der Waals surface area contributed by atoms with E-state index in [9.17, 15) is 0 Å². The van der Waals surface area contributed by atoms with E-state index in [2.05, 4.69) is 4.98 Å². The van der Waals surface area contributed by atoms with Crippen molar-refractivity contribution in [2.24, 2.45) is 0 Å². The second-order valence-electron chi connectivity index (χ2n) is 3.59. The summed E-state index contributed by atoms with van der Waals surface area (Å²) in [5.41, 5.74) is 6.48. The van der Waals surface area contributed by atoms with Crippen molar-refractivity contribution in [3.63, 3.8) is 0 Å². The Morgan fingerprint density at radius 1 is 1.06 bits per heavy atom. The first-order valence-electron chi connectivity index (χ1n) is 5.70. The van der Waals surface area contributed by atoms with Gasteiger partial charge in [-0.25, -0.2) is 4.98 Å². The number of nitrogens with two attached hydrogens (primary N) is 1. The number of aromatic nitrogens is 1. The van der Waals surface area contributed by atoms with Crippen LogP contribution in [0, 0.1) is 0 Å². The summed E-state index contributed by atoms with van der Waals surface area (Å²) < 4.78 is 11.1. The molecule has 2 aromatic rings. The molecule has 0 radical (unpaired) electrons. The van der Waals surface area contributed by atoms with Gasteiger partial charge in [0.25, 0.3) is 0 Å². The number of nitrogens with zero attached hydrogens (tertiary/aromatic N) is 1. The lowest BCUT2D eigenvalue weighted by atomic mass is 10.2. The quantitative estimate of drug-likeness (QED) is 0.880. The molecule has 0 bridgehead atoms. The number of hydrogen-bond donors (Lipinski definition) is 1. The number of anilines is 1. The lowest BCUT2D eigenvalue weighted by Gasteiger charge is -2.11. The summed E-state index contributed by atoms with van der Waals surface area (Å²) >= 11 is 0. The number of rotatable bonds is 4. The topological polar surface area (TPSA) is 57.4 Å². The summed E-state index contributed by atoms with van der Waals surface area (Å²) in [7, 11) is 0. The Morgan fingerprint density at radius 3 is 2.35 bits per heavy atom. The van der Waals surface area contributed by atoms with E-state index in [1.807, 2.05) is 32.0 Å². The van der Waals surface area contributed by atoms with Gasteiger partial charge in [0, 0.05) is 11.5 Å². The molecule has 2 rings (SSSR count). The lowest BCUT2D eigenvalue weighted by Crippen LogP contribution is -1.99. The van der Waals surface area contributed by atoms with Crippen molar-refractivity contribution >= 4 is 16.7 Å². The van der Waals surface area contributed by atoms with Gasteiger partial charge >= 0.3 is 0 Å². The number of ether oxygens (including phenoxy) is 2. The summed E-state index contributed by atoms with van der Waals surface area (Å²) in [5.74, 6) is 1.96. The van der Waals surface area contributed by atoms with E-state index >= 15 is 0 Å². The van der Waals surface area contributed by atoms with Crippen molar-refractivity contribution in [2.75, 3.05) is 18.9 Å². The van der Waals surface area contributed by atoms with Gasteiger partial charge in [-0.1, -0.05) is 0 Å². The van der Waals surface area contributed by atoms with Crippen LogP contribution in [-0.2, 0) is 0 Å². The third-order valence-electron chi connectivity index (χ3n) is 2.38. The average molecular weight is 232 g/mol. The highest BCUT2D eigenvalue weighted by atomic mass is 16.5. The van der Waals surface area contributed by atoms with Gasteiger partial charge in [0.15, 0.2) is 11.5 Å². The summed E-state index contributed by atoms with van der Waals surface area (Å²) in [6.07, 6.45) is 0. The highest BCUT2D eigenvalue weighted by Gasteiger charge is 2.08. The molecule has 0 atom stereocenters. The van der Waals surface area contributed by atoms with E-state index in [4.69, 9.17) is 15.2 Å². The smallest absolute Gasteiger partial charge is 0.163 e. The number of benzene rings is 1. The van der Waals surface area contributed by atoms with Crippen LogP contribution in [0.25, 0.3) is 10.9 Å². The minimum Gasteiger partial charge on any atom is -0.490 e. The van der Waals surface area contributed by atoms with Crippen LogP contribution in [0.1, 0.15) is 13.8 Å². The first-order valence-corrected chi connectivity index (χ1v) is 5.70. The summed E-state index contributed by atoms with van der Waals surface area (Å²) in [6, 6.07) is 7.49. The van der Waals surface area contributed by atoms with Crippen LogP contribution in [0.5, 0.6) is 11.5 Å². The zero-order valence-corrected chi connectivity index (χ0v) is 10.1. The van der Waals surface area contributed by atoms with E-state index < -0.39 is 0 Å². The highest BCUT2D eigenvalue weighted by molar-refractivity contribution is 5.83. The second kappa shape index (κ2) is 4.91. The molecular formula is C13H16N2O2. The third-order valence-corrected chi connectivity index (χ3v) is 2.38. The minimum atomic E-state index is 0.504. The van der Waals surface area contributed by atoms with Crippen molar-refractivity contribution in [1.29, 1.82) is 0 Å². The van der Waals surface area contributed by atoms with E-state index in [1.54, 1.807) is 6.07 Å². The molecular weight excluding hydrogens is 216 g/mol. The molecule has 1 aromatic heterocycles. The van der Waals surface area contributed by atoms with Gasteiger partial charge in [-0.15, -0.1) is 0 Å². The SMILES string of the molecule is CCOc1cc2ccc(N)nc2cc1OCC. The van der Waals surface area contributed by atoms with E-state index in [1.165, 1.54) is 0 Å². The zero-order valence-electron chi connectivity index (χ0n) is 10.1. The molecule has 0 aliphatic heterocycles. The predicted molar refractivity (Wildman–Crippen MR) is 68.5 cm³/mol. The van der Waals surface area contributed by atoms with Gasteiger partial charge < -0.3 is 15.2 Å². The van der Waals surface area contributed by atoms with Crippen molar-refractivity contribution in [3.8, 4) is 11.5 Å². The number of pyridine rings is 1. The Morgan fingerprint density at radius 2 is 1.71 bits per heavy atom. The van der Waals surface area contributed by atoms with Gasteiger partial charge in [0.2, 0.25) is 0 Å². The fourth-order valence-corrected chi connectivity index (χ4v) is 1.68. The molecule has 0 aliphatic carbocycles. The first kappa shape index (κ1) is 11.5. The van der Waals surface area contributed by atoms with Gasteiger partial charge in [-0.05, 0) is 32.0 Å². The van der Waals surface area contributed by atoms with E-state index in [0.717, 1.165) is 16.7 Å². The molecule has 4 nitrogen and oxygen atoms in total. The molecule has 0 fully saturated rings. The van der Waals surface area contributed by atoms with Crippen LogP contribution in [0.2, 0.25) is 0 Å². The Kier molecular flexibility index (Phi) is 3.32. The molecule has 90 valence electrons. The summed E-state index contributed by atoms with van der Waals surface area (Å²) in [5, 5.41) is 0.992. The Hall–Kier alpha value is -1.97. The largest absolute Gasteiger partial charge is 0.490 e. The van der Waals surface area contributed by atoms with E-state index in [-0.39, 0.29) is 0 Å². The predicted octanol–water partition coefficient (Wildman–Crippen LogP) is 2.61. The van der Waals surface area contributed by atoms with Crippen LogP contribution in [0.15, 0.2) is 24.3 Å². The minimum absolute atomic E-state index is 0.504. The molecule has 2 N–H and O–H groups in total. The molecule has 0 saturated heterocycles. The van der Waals surface area contributed by atoms with Crippen LogP contribution in [0.4, 0.5) is 5.82 Å². The number of hydrogen-bond acceptors (Lipinski definition) is 4. The van der Waals surface area contributed by atoms with Crippen LogP contribution >= 0.6 is 0 Å². The van der Waals surface area contributed by atoms with Gasteiger partial charge in [-0.3, -0.25) is 0 Å². The fourth-order valence-electron chi connectivity index (χ4n) is 1.68. The van der Waals surface area contributed by atoms with Crippen LogP contribution < -0.4 is 15.2 Å². The Bertz CT molecular complexity index is 526. The monoisotopic (exact) mass is 232 g/mol. The maximum absolute atomic E-state index is 5.66. The highest BCUT2D eigenvalue weighted by Crippen LogP contribution is 2.32. The molecule has 17 heavy (non-hydrogen) atoms.